The molecule has 0 N–H and O–H groups in total. The fraction of sp³-hybridized carbons (Fsp3) is 1.00. The van der Waals surface area contributed by atoms with Crippen molar-refractivity contribution in [2.75, 3.05) is 0 Å². The molecule has 0 saturated heterocycles. The number of rotatable bonds is 2. The van der Waals surface area contributed by atoms with E-state index in [1.807, 2.05) is 0 Å². The molecule has 0 aliphatic carbocycles. The zero-order chi connectivity index (χ0) is 25.2. The molecule has 0 aromatic heterocycles. The van der Waals surface area contributed by atoms with E-state index in [1.54, 1.807) is 0 Å². The van der Waals surface area contributed by atoms with Gasteiger partial charge < -0.3 is 0 Å². The normalized spacial score (nSPS) is 16.0. The summed E-state index contributed by atoms with van der Waals surface area (Å²) in [5.41, 5.74) is 0. The van der Waals surface area contributed by atoms with Crippen molar-refractivity contribution in [3.63, 3.8) is 0 Å². The monoisotopic (exact) mass is 484 g/mol. The van der Waals surface area contributed by atoms with Crippen LogP contribution in [0.25, 0.3) is 0 Å². The van der Waals surface area contributed by atoms with E-state index in [9.17, 15) is 0 Å². The standard InChI is InChI=1S/C26H60Si4/c1-21(2,3)27(22(4,5)6)28(29(19,23(7,8)9)24(10,11)12)30(20,25(13,14)15)26(16,17)18/h1-20H3. The van der Waals surface area contributed by atoms with Gasteiger partial charge in [0.15, 0.2) is 0 Å². The summed E-state index contributed by atoms with van der Waals surface area (Å²) < 4.78 is 0. The highest BCUT2D eigenvalue weighted by molar-refractivity contribution is 7.68. The van der Waals surface area contributed by atoms with Gasteiger partial charge in [0.1, 0.15) is 0 Å². The summed E-state index contributed by atoms with van der Waals surface area (Å²) in [6.07, 6.45) is 0. The summed E-state index contributed by atoms with van der Waals surface area (Å²) in [6, 6.07) is 0. The van der Waals surface area contributed by atoms with E-state index in [0.717, 1.165) is 0 Å². The van der Waals surface area contributed by atoms with Gasteiger partial charge in [-0.25, -0.2) is 0 Å². The van der Waals surface area contributed by atoms with Gasteiger partial charge in [0, 0.05) is 0 Å². The zero-order valence-corrected chi connectivity index (χ0v) is 29.0. The molecule has 0 unspecified atom stereocenters. The second kappa shape index (κ2) is 8.27. The molecular formula is C26H60Si4. The zero-order valence-electron chi connectivity index (χ0n) is 25.0. The van der Waals surface area contributed by atoms with Crippen molar-refractivity contribution < 1.29 is 0 Å². The van der Waals surface area contributed by atoms with Crippen molar-refractivity contribution in [2.45, 2.75) is 168 Å². The summed E-state index contributed by atoms with van der Waals surface area (Å²) in [4.78, 5) is 0. The van der Waals surface area contributed by atoms with Crippen LogP contribution in [-0.4, -0.2) is 30.0 Å². The predicted octanol–water partition coefficient (Wildman–Crippen LogP) is 10.2. The average Bonchev–Trinajstić information content (AvgIpc) is 2.34. The maximum atomic E-state index is 2.88. The molecule has 0 aliphatic rings. The predicted molar refractivity (Wildman–Crippen MR) is 153 cm³/mol. The first-order valence-corrected chi connectivity index (χ1v) is 23.2. The van der Waals surface area contributed by atoms with Gasteiger partial charge in [0.05, 0.1) is 15.2 Å². The molecule has 0 nitrogen and oxygen atoms in total. The van der Waals surface area contributed by atoms with Gasteiger partial charge in [-0.2, -0.15) is 0 Å². The Morgan fingerprint density at radius 1 is 0.367 bits per heavy atom. The molecule has 0 radical (unpaired) electrons. The topological polar surface area (TPSA) is 0 Å². The van der Waals surface area contributed by atoms with E-state index >= 15 is 0 Å². The fourth-order valence-corrected chi connectivity index (χ4v) is 97.9. The molecule has 0 rings (SSSR count). The van der Waals surface area contributed by atoms with E-state index in [2.05, 4.69) is 138 Å². The molecule has 0 fully saturated rings. The minimum Gasteiger partial charge on any atom is -0.0684 e. The maximum Gasteiger partial charge on any atom is 0.0644 e. The Morgan fingerprint density at radius 3 is 0.633 bits per heavy atom. The van der Waals surface area contributed by atoms with Crippen molar-refractivity contribution in [2.24, 2.45) is 0 Å². The van der Waals surface area contributed by atoms with Crippen LogP contribution < -0.4 is 0 Å². The average molecular weight is 485 g/mol. The van der Waals surface area contributed by atoms with E-state index in [0.29, 0.717) is 30.2 Å². The van der Waals surface area contributed by atoms with Gasteiger partial charge in [-0.3, -0.25) is 0 Å². The molecule has 180 valence electrons. The Labute approximate surface area is 197 Å². The van der Waals surface area contributed by atoms with Gasteiger partial charge in [0.25, 0.3) is 0 Å². The summed E-state index contributed by atoms with van der Waals surface area (Å²) in [7, 11) is -4.05. The van der Waals surface area contributed by atoms with Crippen LogP contribution in [0, 0.1) is 0 Å². The van der Waals surface area contributed by atoms with Crippen molar-refractivity contribution in [3.05, 3.63) is 0 Å². The molecule has 0 aliphatic heterocycles. The Balaban J connectivity index is 8.47. The van der Waals surface area contributed by atoms with Crippen molar-refractivity contribution in [1.29, 1.82) is 0 Å². The van der Waals surface area contributed by atoms with Gasteiger partial charge in [-0.1, -0.05) is 138 Å². The fourth-order valence-electron chi connectivity index (χ4n) is 6.62. The first-order chi connectivity index (χ1) is 12.5. The lowest BCUT2D eigenvalue weighted by atomic mass is 10.2. The first-order valence-electron chi connectivity index (χ1n) is 12.2. The molecule has 0 aromatic rings. The smallest absolute Gasteiger partial charge is 0.0644 e. The highest BCUT2D eigenvalue weighted by Gasteiger charge is 2.63. The third-order valence-corrected chi connectivity index (χ3v) is 69.8. The molecule has 4 heteroatoms. The summed E-state index contributed by atoms with van der Waals surface area (Å²) in [5.74, 6) is 0. The highest BCUT2D eigenvalue weighted by atomic mass is 29.8. The Hall–Kier alpha value is 0.868. The van der Waals surface area contributed by atoms with Crippen LogP contribution in [0.4, 0.5) is 0 Å². The Morgan fingerprint density at radius 2 is 0.533 bits per heavy atom. The van der Waals surface area contributed by atoms with Crippen LogP contribution in [0.15, 0.2) is 0 Å². The van der Waals surface area contributed by atoms with E-state index in [-0.39, 0.29) is 0 Å². The number of hydrogen-bond acceptors (Lipinski definition) is 0. The minimum atomic E-state index is -1.71. The van der Waals surface area contributed by atoms with Crippen LogP contribution >= 0.6 is 0 Å². The molecule has 0 atom stereocenters. The Kier molecular flexibility index (Phi) is 8.51. The molecule has 0 spiro atoms. The summed E-state index contributed by atoms with van der Waals surface area (Å²) >= 11 is 0. The molecule has 30 heavy (non-hydrogen) atoms. The molecule has 0 heterocycles. The molecular weight excluding hydrogens is 425 g/mol. The van der Waals surface area contributed by atoms with Crippen LogP contribution in [0.1, 0.15) is 125 Å². The molecule has 0 amide bonds. The van der Waals surface area contributed by atoms with Crippen molar-refractivity contribution in [1.82, 2.24) is 0 Å². The van der Waals surface area contributed by atoms with Crippen LogP contribution in [0.2, 0.25) is 43.3 Å². The van der Waals surface area contributed by atoms with Gasteiger partial charge >= 0.3 is 0 Å². The summed E-state index contributed by atoms with van der Waals surface area (Å²) in [6.45, 7) is 52.3. The minimum absolute atomic E-state index is 0.413. The van der Waals surface area contributed by atoms with Crippen LogP contribution in [0.5, 0.6) is 0 Å². The quantitative estimate of drug-likeness (QED) is 0.342. The van der Waals surface area contributed by atoms with Crippen molar-refractivity contribution >= 4 is 30.0 Å². The van der Waals surface area contributed by atoms with Crippen molar-refractivity contribution in [3.8, 4) is 0 Å². The number of hydrogen-bond donors (Lipinski definition) is 0. The summed E-state index contributed by atoms with van der Waals surface area (Å²) in [5, 5.41) is 2.50. The lowest BCUT2D eigenvalue weighted by Gasteiger charge is -2.63. The molecule has 0 bridgehead atoms. The van der Waals surface area contributed by atoms with Crippen LogP contribution in [-0.2, 0) is 0 Å². The Bertz CT molecular complexity index is 558. The van der Waals surface area contributed by atoms with Gasteiger partial charge in [-0.05, 0) is 45.0 Å². The molecule has 0 saturated carbocycles. The third-order valence-electron chi connectivity index (χ3n) is 8.75. The lowest BCUT2D eigenvalue weighted by Crippen LogP contribution is -2.75. The lowest BCUT2D eigenvalue weighted by molar-refractivity contribution is 0.625. The SMILES string of the molecule is CC(C)(C)[Si](=[Si]([Si](C)(C(C)(C)C)C(C)(C)C)[Si](C)(C(C)(C)C)C(C)(C)C)C(C)(C)C. The molecule has 0 aromatic carbocycles. The largest absolute Gasteiger partial charge is 0.0684 e. The van der Waals surface area contributed by atoms with E-state index < -0.39 is 30.0 Å². The van der Waals surface area contributed by atoms with Gasteiger partial charge in [-0.15, -0.1) is 0 Å². The van der Waals surface area contributed by atoms with E-state index in [1.165, 1.54) is 0 Å². The van der Waals surface area contributed by atoms with E-state index in [4.69, 9.17) is 0 Å². The highest BCUT2D eigenvalue weighted by Crippen LogP contribution is 2.60. The van der Waals surface area contributed by atoms with Crippen LogP contribution in [0.3, 0.4) is 0 Å². The first kappa shape index (κ1) is 30.9. The second-order valence-electron chi connectivity index (χ2n) is 16.5. The van der Waals surface area contributed by atoms with Gasteiger partial charge in [0.2, 0.25) is 0 Å². The third kappa shape index (κ3) is 5.33. The maximum absolute atomic E-state index is 2.88. The second-order valence-corrected chi connectivity index (χ2v) is 48.0.